The van der Waals surface area contributed by atoms with Crippen LogP contribution in [0.3, 0.4) is 0 Å². The predicted octanol–water partition coefficient (Wildman–Crippen LogP) is -0.0664. The van der Waals surface area contributed by atoms with Crippen molar-refractivity contribution in [3.05, 3.63) is 35.0 Å². The molecule has 18 nitrogen and oxygen atoms in total. The van der Waals surface area contributed by atoms with Crippen LogP contribution in [0.15, 0.2) is 23.6 Å². The fourth-order valence-corrected chi connectivity index (χ4v) is 7.41. The van der Waals surface area contributed by atoms with E-state index >= 15 is 4.39 Å². The Labute approximate surface area is 272 Å². The molecule has 252 valence electrons. The van der Waals surface area contributed by atoms with Crippen molar-refractivity contribution in [2.75, 3.05) is 37.9 Å². The number of hydrogen-bond donors (Lipinski definition) is 6. The third kappa shape index (κ3) is 6.42. The number of rotatable bonds is 10. The highest BCUT2D eigenvalue weighted by molar-refractivity contribution is 8.07. The van der Waals surface area contributed by atoms with Gasteiger partial charge in [-0.3, -0.25) is 14.3 Å². The van der Waals surface area contributed by atoms with Crippen LogP contribution in [-0.4, -0.2) is 99.1 Å². The van der Waals surface area contributed by atoms with Crippen molar-refractivity contribution in [1.82, 2.24) is 34.1 Å². The first-order valence-electron chi connectivity index (χ1n) is 13.3. The second-order valence-electron chi connectivity index (χ2n) is 10.5. The van der Waals surface area contributed by atoms with E-state index in [0.717, 1.165) is 12.5 Å². The molecule has 3 unspecified atom stereocenters. The fourth-order valence-electron chi connectivity index (χ4n) is 5.44. The molecule has 6 rings (SSSR count). The van der Waals surface area contributed by atoms with E-state index < -0.39 is 74.1 Å². The van der Waals surface area contributed by atoms with E-state index in [1.54, 1.807) is 0 Å². The molecule has 0 bridgehead atoms. The van der Waals surface area contributed by atoms with Gasteiger partial charge in [-0.15, -0.1) is 6.42 Å². The molecule has 2 aliphatic rings. The SMILES string of the molecule is C#C[C@]1(COP(O)(O)=S)OCC(n2cc(F)c3c(N)ncnc32)[C@@H]1OP(O)(=S)OC[C@H]1OCC(n2cnc3c(=O)[nH]c(N)nc32)[C@@H]1F. The summed E-state index contributed by atoms with van der Waals surface area (Å²) in [6.07, 6.45) is 4.61. The first kappa shape index (κ1) is 33.9. The summed E-state index contributed by atoms with van der Waals surface area (Å²) in [5.74, 6) is 1.19. The highest BCUT2D eigenvalue weighted by Crippen LogP contribution is 2.53. The van der Waals surface area contributed by atoms with Gasteiger partial charge >= 0.3 is 13.4 Å². The minimum Gasteiger partial charge on any atom is -0.383 e. The highest BCUT2D eigenvalue weighted by Gasteiger charge is 2.54. The van der Waals surface area contributed by atoms with Gasteiger partial charge in [0.05, 0.1) is 50.2 Å². The summed E-state index contributed by atoms with van der Waals surface area (Å²) in [6.45, 7) is -10.5. The van der Waals surface area contributed by atoms with Crippen LogP contribution >= 0.6 is 13.4 Å². The number of H-pyrrole nitrogens is 1. The normalized spacial score (nSPS) is 27.8. The molecule has 7 atom stereocenters. The van der Waals surface area contributed by atoms with Crippen LogP contribution in [0.1, 0.15) is 12.1 Å². The molecule has 2 saturated heterocycles. The number of hydrogen-bond acceptors (Lipinski definition) is 14. The zero-order chi connectivity index (χ0) is 33.9. The van der Waals surface area contributed by atoms with Crippen LogP contribution in [0.5, 0.6) is 0 Å². The summed E-state index contributed by atoms with van der Waals surface area (Å²) in [5.41, 5.74) is 8.90. The molecule has 0 radical (unpaired) electrons. The molecule has 4 aromatic rings. The first-order chi connectivity index (χ1) is 22.1. The van der Waals surface area contributed by atoms with E-state index in [-0.39, 0.29) is 47.2 Å². The minimum absolute atomic E-state index is 0.0171. The van der Waals surface area contributed by atoms with E-state index in [0.29, 0.717) is 0 Å². The van der Waals surface area contributed by atoms with Crippen LogP contribution in [0.25, 0.3) is 22.2 Å². The van der Waals surface area contributed by atoms with E-state index in [2.05, 4.69) is 42.6 Å². The van der Waals surface area contributed by atoms with Crippen molar-refractivity contribution in [2.24, 2.45) is 0 Å². The van der Waals surface area contributed by atoms with Crippen LogP contribution in [0.2, 0.25) is 0 Å². The Hall–Kier alpha value is -3.03. The Bertz CT molecular complexity index is 2060. The molecule has 0 aliphatic carbocycles. The maximum atomic E-state index is 15.7. The van der Waals surface area contributed by atoms with Gasteiger partial charge in [-0.2, -0.15) is 4.98 Å². The number of nitrogens with one attached hydrogen (secondary N) is 1. The predicted molar refractivity (Wildman–Crippen MR) is 167 cm³/mol. The van der Waals surface area contributed by atoms with Gasteiger partial charge < -0.3 is 53.8 Å². The Morgan fingerprint density at radius 3 is 2.66 bits per heavy atom. The van der Waals surface area contributed by atoms with Crippen LogP contribution in [-0.2, 0) is 46.7 Å². The molecule has 0 aromatic carbocycles. The molecule has 4 aromatic heterocycles. The largest absolute Gasteiger partial charge is 0.383 e. The second kappa shape index (κ2) is 12.5. The number of imidazole rings is 1. The van der Waals surface area contributed by atoms with Crippen molar-refractivity contribution < 1.29 is 46.5 Å². The average Bonchev–Trinajstić information content (AvgIpc) is 3.75. The molecule has 0 spiro atoms. The number of halogens is 2. The van der Waals surface area contributed by atoms with E-state index in [1.807, 2.05) is 0 Å². The minimum atomic E-state index is -4.38. The van der Waals surface area contributed by atoms with Crippen LogP contribution in [0.4, 0.5) is 20.5 Å². The lowest BCUT2D eigenvalue weighted by atomic mass is 9.96. The Morgan fingerprint density at radius 1 is 1.17 bits per heavy atom. The van der Waals surface area contributed by atoms with Crippen LogP contribution in [0, 0.1) is 18.2 Å². The summed E-state index contributed by atoms with van der Waals surface area (Å²) in [5, 5.41) is -0.114. The fraction of sp³-hybridized carbons (Fsp3) is 0.435. The van der Waals surface area contributed by atoms with E-state index in [9.17, 15) is 23.9 Å². The second-order valence-corrected chi connectivity index (χ2v) is 15.9. The zero-order valence-corrected chi connectivity index (χ0v) is 27.0. The zero-order valence-electron chi connectivity index (χ0n) is 23.6. The molecule has 24 heteroatoms. The molecule has 0 amide bonds. The van der Waals surface area contributed by atoms with Crippen LogP contribution < -0.4 is 17.0 Å². The number of fused-ring (bicyclic) bond motifs is 2. The molecular weight excluding hydrogens is 710 g/mol. The number of aromatic amines is 1. The monoisotopic (exact) mass is 735 g/mol. The highest BCUT2D eigenvalue weighted by atomic mass is 32.5. The molecule has 2 fully saturated rings. The number of anilines is 2. The summed E-state index contributed by atoms with van der Waals surface area (Å²) < 4.78 is 61.0. The summed E-state index contributed by atoms with van der Waals surface area (Å²) in [7, 11) is 0. The summed E-state index contributed by atoms with van der Waals surface area (Å²) >= 11 is 9.79. The first-order valence-corrected chi connectivity index (χ1v) is 18.6. The summed E-state index contributed by atoms with van der Waals surface area (Å²) in [6, 6.07) is -2.08. The Balaban J connectivity index is 1.24. The molecule has 8 N–H and O–H groups in total. The van der Waals surface area contributed by atoms with Gasteiger partial charge in [0.1, 0.15) is 30.0 Å². The molecule has 2 aliphatic heterocycles. The smallest absolute Gasteiger partial charge is 0.325 e. The number of ether oxygens (including phenoxy) is 2. The van der Waals surface area contributed by atoms with Crippen molar-refractivity contribution >= 4 is 71.0 Å². The van der Waals surface area contributed by atoms with Crippen molar-refractivity contribution in [2.45, 2.75) is 36.1 Å². The molecule has 0 saturated carbocycles. The van der Waals surface area contributed by atoms with Gasteiger partial charge in [-0.25, -0.2) is 23.7 Å². The Morgan fingerprint density at radius 2 is 1.94 bits per heavy atom. The number of nitrogens with two attached hydrogens (primary N) is 2. The van der Waals surface area contributed by atoms with Gasteiger partial charge in [0.15, 0.2) is 28.8 Å². The average molecular weight is 736 g/mol. The number of terminal acetylenes is 1. The van der Waals surface area contributed by atoms with Crippen molar-refractivity contribution in [3.8, 4) is 12.3 Å². The van der Waals surface area contributed by atoms with Gasteiger partial charge in [0.2, 0.25) is 5.95 Å². The quantitative estimate of drug-likeness (QED) is 0.0921. The van der Waals surface area contributed by atoms with Gasteiger partial charge in [-0.05, 0) is 23.6 Å². The maximum Gasteiger partial charge on any atom is 0.325 e. The molecule has 47 heavy (non-hydrogen) atoms. The van der Waals surface area contributed by atoms with Gasteiger partial charge in [0, 0.05) is 6.20 Å². The topological polar surface area (TPSA) is 253 Å². The van der Waals surface area contributed by atoms with Gasteiger partial charge in [0.25, 0.3) is 5.56 Å². The lowest BCUT2D eigenvalue weighted by Gasteiger charge is -2.33. The number of nitrogens with zero attached hydrogens (tertiary/aromatic N) is 6. The van der Waals surface area contributed by atoms with Crippen molar-refractivity contribution in [1.29, 1.82) is 0 Å². The third-order valence-electron chi connectivity index (χ3n) is 7.62. The number of aromatic nitrogens is 7. The van der Waals surface area contributed by atoms with Gasteiger partial charge in [-0.1, -0.05) is 5.92 Å². The van der Waals surface area contributed by atoms with E-state index in [1.165, 1.54) is 15.5 Å². The Kier molecular flexibility index (Phi) is 8.97. The molecule has 6 heterocycles. The molecular formula is C23H25F2N9O9P2S2. The van der Waals surface area contributed by atoms with Crippen molar-refractivity contribution in [3.63, 3.8) is 0 Å². The number of alkyl halides is 1. The number of nitrogen functional groups attached to an aromatic ring is 2. The standard InChI is InChI=1S/C23H25F2N9O9P2S2/c1-2-23(7-42-44(36,37)46)17(12(5-40-23)33-3-10(24)14-18(26)28-8-29-19(14)33)43-45(38,47)41-6-13-15(25)11(4-39-13)34-9-30-16-20(34)31-22(27)32-21(16)35/h1,3,8-9,11-13,15,17H,4-7H2,(H,38,47)(H2,26,28,29)(H2,36,37,46)(H3,27,31,32,35)/t11?,12?,13-,15+,17+,23-,45?/m1/s1. The lowest BCUT2D eigenvalue weighted by molar-refractivity contribution is -0.0440. The maximum absolute atomic E-state index is 15.7. The van der Waals surface area contributed by atoms with E-state index in [4.69, 9.17) is 52.7 Å². The lowest BCUT2D eigenvalue weighted by Crippen LogP contribution is -2.46. The summed E-state index contributed by atoms with van der Waals surface area (Å²) in [4.78, 5) is 60.9. The third-order valence-corrected chi connectivity index (χ3v) is 9.95.